The van der Waals surface area contributed by atoms with Gasteiger partial charge in [-0.15, -0.1) is 4.98 Å². The lowest BCUT2D eigenvalue weighted by molar-refractivity contribution is 0.633. The van der Waals surface area contributed by atoms with Crippen molar-refractivity contribution in [1.29, 1.82) is 0 Å². The van der Waals surface area contributed by atoms with E-state index >= 15 is 0 Å². The predicted molar refractivity (Wildman–Crippen MR) is 58.1 cm³/mol. The molecule has 0 radical (unpaired) electrons. The minimum atomic E-state index is -0.507. The zero-order chi connectivity index (χ0) is 11.5. The van der Waals surface area contributed by atoms with Crippen molar-refractivity contribution in [2.24, 2.45) is 0 Å². The van der Waals surface area contributed by atoms with Crippen molar-refractivity contribution in [2.45, 2.75) is 0 Å². The number of nitrogen functional groups attached to an aromatic ring is 1. The molecule has 0 spiro atoms. The van der Waals surface area contributed by atoms with E-state index in [2.05, 4.69) is 14.8 Å². The molecular weight excluding hydrogens is 207 g/mol. The fraction of sp³-hybridized carbons (Fsp3) is 0. The predicted octanol–water partition coefficient (Wildman–Crippen LogP) is 2.42. The fourth-order valence-corrected chi connectivity index (χ4v) is 1.24. The van der Waals surface area contributed by atoms with Crippen LogP contribution >= 0.6 is 0 Å². The van der Waals surface area contributed by atoms with Crippen molar-refractivity contribution in [3.05, 3.63) is 47.8 Å². The van der Waals surface area contributed by atoms with Gasteiger partial charge in [0, 0.05) is 5.56 Å². The number of nitrogens with zero attached hydrogens (tertiary/aromatic N) is 3. The highest BCUT2D eigenvalue weighted by Gasteiger charge is 2.08. The molecule has 0 saturated carbocycles. The van der Waals surface area contributed by atoms with Crippen molar-refractivity contribution < 1.29 is 4.39 Å². The van der Waals surface area contributed by atoms with E-state index in [-0.39, 0.29) is 11.5 Å². The molecule has 0 unspecified atom stereocenters. The number of hydrogen-bond donors (Lipinski definition) is 1. The molecule has 0 bridgehead atoms. The molecule has 0 atom stereocenters. The number of benzene rings is 1. The van der Waals surface area contributed by atoms with Crippen LogP contribution in [0.15, 0.2) is 30.6 Å². The molecule has 1 heterocycles. The quantitative estimate of drug-likeness (QED) is 0.585. The minimum absolute atomic E-state index is 0.0815. The number of halogens is 1. The van der Waals surface area contributed by atoms with Crippen LogP contribution in [0.1, 0.15) is 0 Å². The van der Waals surface area contributed by atoms with Crippen LogP contribution < -0.4 is 5.73 Å². The molecule has 2 N–H and O–H groups in total. The largest absolute Gasteiger partial charge is 0.396 e. The lowest BCUT2D eigenvalue weighted by Crippen LogP contribution is -1.92. The first-order valence-corrected chi connectivity index (χ1v) is 4.45. The van der Waals surface area contributed by atoms with Crippen molar-refractivity contribution in [3.8, 4) is 11.3 Å². The molecule has 0 saturated heterocycles. The zero-order valence-electron chi connectivity index (χ0n) is 8.18. The summed E-state index contributed by atoms with van der Waals surface area (Å²) in [5.74, 6) is -0.331. The Morgan fingerprint density at radius 3 is 2.81 bits per heavy atom. The molecule has 2 aromatic rings. The lowest BCUT2D eigenvalue weighted by atomic mass is 10.1. The smallest absolute Gasteiger partial charge is 0.288 e. The highest BCUT2D eigenvalue weighted by atomic mass is 19.1. The van der Waals surface area contributed by atoms with Crippen LogP contribution in [0.25, 0.3) is 16.1 Å². The highest BCUT2D eigenvalue weighted by Crippen LogP contribution is 2.22. The summed E-state index contributed by atoms with van der Waals surface area (Å²) in [6.45, 7) is 6.81. The van der Waals surface area contributed by atoms with Gasteiger partial charge in [0.05, 0.1) is 18.1 Å². The maximum absolute atomic E-state index is 13.2. The van der Waals surface area contributed by atoms with Crippen molar-refractivity contribution >= 4 is 11.5 Å². The van der Waals surface area contributed by atoms with E-state index in [1.807, 2.05) is 0 Å². The minimum Gasteiger partial charge on any atom is -0.396 e. The number of anilines is 1. The molecule has 4 nitrogen and oxygen atoms in total. The summed E-state index contributed by atoms with van der Waals surface area (Å²) in [6, 6.07) is 4.36. The summed E-state index contributed by atoms with van der Waals surface area (Å²) in [7, 11) is 0. The van der Waals surface area contributed by atoms with Gasteiger partial charge in [-0.05, 0) is 18.2 Å². The van der Waals surface area contributed by atoms with E-state index in [0.717, 1.165) is 0 Å². The molecule has 5 heteroatoms. The van der Waals surface area contributed by atoms with Gasteiger partial charge in [-0.3, -0.25) is 4.98 Å². The molecule has 0 amide bonds. The van der Waals surface area contributed by atoms with Crippen molar-refractivity contribution in [1.82, 2.24) is 9.97 Å². The molecule has 16 heavy (non-hydrogen) atoms. The number of nitrogens with two attached hydrogens (primary N) is 1. The second-order valence-corrected chi connectivity index (χ2v) is 3.11. The maximum atomic E-state index is 13.2. The summed E-state index contributed by atoms with van der Waals surface area (Å²) in [5.41, 5.74) is 6.44. The topological polar surface area (TPSA) is 56.2 Å². The monoisotopic (exact) mass is 214 g/mol. The number of aromatic nitrogens is 2. The summed E-state index contributed by atoms with van der Waals surface area (Å²) < 4.78 is 13.2. The molecule has 0 aliphatic carbocycles. The van der Waals surface area contributed by atoms with E-state index < -0.39 is 5.82 Å². The van der Waals surface area contributed by atoms with Crippen LogP contribution in [-0.2, 0) is 0 Å². The summed E-state index contributed by atoms with van der Waals surface area (Å²) in [6.07, 6.45) is 2.82. The van der Waals surface area contributed by atoms with E-state index in [1.165, 1.54) is 24.5 Å². The van der Waals surface area contributed by atoms with Gasteiger partial charge in [0.15, 0.2) is 5.69 Å². The first-order chi connectivity index (χ1) is 7.70. The third-order valence-electron chi connectivity index (χ3n) is 2.03. The van der Waals surface area contributed by atoms with Gasteiger partial charge in [0.2, 0.25) is 0 Å². The standard InChI is InChI=1S/C11H7FN4/c1-14-11-6-15-5-10(16-11)7-2-3-9(13)8(12)4-7/h2-6H,13H2. The van der Waals surface area contributed by atoms with E-state index in [4.69, 9.17) is 12.3 Å². The SMILES string of the molecule is [C-]#[N+]c1cncc(-c2ccc(N)c(F)c2)n1. The summed E-state index contributed by atoms with van der Waals surface area (Å²) >= 11 is 0. The molecule has 1 aromatic carbocycles. The van der Waals surface area contributed by atoms with Gasteiger partial charge in [-0.1, -0.05) is 6.57 Å². The van der Waals surface area contributed by atoms with Crippen LogP contribution in [0, 0.1) is 12.4 Å². The first kappa shape index (κ1) is 10.1. The molecule has 1 aromatic heterocycles. The second-order valence-electron chi connectivity index (χ2n) is 3.11. The Labute approximate surface area is 91.4 Å². The highest BCUT2D eigenvalue weighted by molar-refractivity contribution is 5.63. The van der Waals surface area contributed by atoms with E-state index in [9.17, 15) is 4.39 Å². The first-order valence-electron chi connectivity index (χ1n) is 4.45. The normalized spacial score (nSPS) is 9.75. The molecule has 0 fully saturated rings. The van der Waals surface area contributed by atoms with Crippen LogP contribution in [0.4, 0.5) is 15.9 Å². The van der Waals surface area contributed by atoms with E-state index in [0.29, 0.717) is 11.3 Å². The Morgan fingerprint density at radius 2 is 2.12 bits per heavy atom. The summed E-state index contributed by atoms with van der Waals surface area (Å²) in [5, 5.41) is 0. The molecule has 2 rings (SSSR count). The van der Waals surface area contributed by atoms with Gasteiger partial charge in [0.1, 0.15) is 5.82 Å². The number of hydrogen-bond acceptors (Lipinski definition) is 3. The summed E-state index contributed by atoms with van der Waals surface area (Å²) in [4.78, 5) is 11.0. The van der Waals surface area contributed by atoms with Gasteiger partial charge < -0.3 is 10.6 Å². The van der Waals surface area contributed by atoms with Crippen molar-refractivity contribution in [3.63, 3.8) is 0 Å². The van der Waals surface area contributed by atoms with Crippen LogP contribution in [0.3, 0.4) is 0 Å². The lowest BCUT2D eigenvalue weighted by Gasteiger charge is -1.99. The molecular formula is C11H7FN4. The Hall–Kier alpha value is -2.48. The third kappa shape index (κ3) is 1.81. The second kappa shape index (κ2) is 3.95. The zero-order valence-corrected chi connectivity index (χ0v) is 8.18. The maximum Gasteiger partial charge on any atom is 0.288 e. The van der Waals surface area contributed by atoms with Gasteiger partial charge in [-0.2, -0.15) is 0 Å². The molecule has 78 valence electrons. The Balaban J connectivity index is 2.51. The third-order valence-corrected chi connectivity index (χ3v) is 2.03. The van der Waals surface area contributed by atoms with Crippen LogP contribution in [0.5, 0.6) is 0 Å². The Morgan fingerprint density at radius 1 is 1.31 bits per heavy atom. The molecule has 0 aliphatic heterocycles. The van der Waals surface area contributed by atoms with Crippen LogP contribution in [-0.4, -0.2) is 9.97 Å². The molecule has 0 aliphatic rings. The Kier molecular flexibility index (Phi) is 2.48. The number of rotatable bonds is 1. The van der Waals surface area contributed by atoms with E-state index in [1.54, 1.807) is 6.07 Å². The van der Waals surface area contributed by atoms with Crippen molar-refractivity contribution in [2.75, 3.05) is 5.73 Å². The van der Waals surface area contributed by atoms with Gasteiger partial charge in [0.25, 0.3) is 5.82 Å². The van der Waals surface area contributed by atoms with Gasteiger partial charge >= 0.3 is 0 Å². The average molecular weight is 214 g/mol. The fourth-order valence-electron chi connectivity index (χ4n) is 1.24. The average Bonchev–Trinajstić information content (AvgIpc) is 2.33. The van der Waals surface area contributed by atoms with Crippen LogP contribution in [0.2, 0.25) is 0 Å². The Bertz CT molecular complexity index is 574. The van der Waals surface area contributed by atoms with Gasteiger partial charge in [-0.25, -0.2) is 4.39 Å².